The first kappa shape index (κ1) is 23.6. The van der Waals surface area contributed by atoms with E-state index in [2.05, 4.69) is 25.2 Å². The normalized spacial score (nSPS) is 18.4. The molecule has 3 aromatic rings. The van der Waals surface area contributed by atoms with Crippen LogP contribution in [0.5, 0.6) is 11.5 Å². The molecular formula is C28H30FNO4. The molecule has 0 saturated heterocycles. The van der Waals surface area contributed by atoms with Crippen LogP contribution in [0.25, 0.3) is 0 Å². The maximum Gasteiger partial charge on any atom is 0.303 e. The maximum atomic E-state index is 14.3. The lowest BCUT2D eigenvalue weighted by Gasteiger charge is -2.46. The van der Waals surface area contributed by atoms with Gasteiger partial charge in [-0.25, -0.2) is 4.39 Å². The number of esters is 1. The Morgan fingerprint density at radius 1 is 1.06 bits per heavy atom. The van der Waals surface area contributed by atoms with Crippen LogP contribution in [0.2, 0.25) is 0 Å². The molecule has 0 fully saturated rings. The largest absolute Gasteiger partial charge is 0.493 e. The van der Waals surface area contributed by atoms with Crippen molar-refractivity contribution in [2.75, 3.05) is 12.4 Å². The predicted molar refractivity (Wildman–Crippen MR) is 130 cm³/mol. The van der Waals surface area contributed by atoms with E-state index in [1.165, 1.54) is 13.0 Å². The van der Waals surface area contributed by atoms with Gasteiger partial charge in [0, 0.05) is 34.7 Å². The average molecular weight is 464 g/mol. The van der Waals surface area contributed by atoms with Crippen LogP contribution in [-0.4, -0.2) is 13.1 Å². The minimum atomic E-state index is -0.547. The Morgan fingerprint density at radius 3 is 2.53 bits per heavy atom. The molecule has 0 aromatic heterocycles. The van der Waals surface area contributed by atoms with Crippen molar-refractivity contribution in [2.24, 2.45) is 5.41 Å². The lowest BCUT2D eigenvalue weighted by atomic mass is 9.70. The van der Waals surface area contributed by atoms with Crippen LogP contribution in [-0.2, 0) is 16.1 Å². The molecule has 1 aliphatic heterocycles. The zero-order valence-corrected chi connectivity index (χ0v) is 20.1. The van der Waals surface area contributed by atoms with E-state index >= 15 is 0 Å². The number of para-hydroxylation sites is 1. The highest BCUT2D eigenvalue weighted by atomic mass is 19.1. The summed E-state index contributed by atoms with van der Waals surface area (Å²) in [5.74, 6) is 0.406. The number of carbonyl (C=O) groups is 1. The van der Waals surface area contributed by atoms with Crippen molar-refractivity contribution < 1.29 is 23.4 Å². The number of aryl methyl sites for hydroxylation is 1. The minimum Gasteiger partial charge on any atom is -0.493 e. The van der Waals surface area contributed by atoms with Crippen LogP contribution in [0, 0.1) is 18.2 Å². The molecule has 5 nitrogen and oxygen atoms in total. The lowest BCUT2D eigenvalue weighted by Crippen LogP contribution is -2.40. The number of anilines is 1. The zero-order chi connectivity index (χ0) is 24.5. The van der Waals surface area contributed by atoms with Crippen LogP contribution in [0.3, 0.4) is 0 Å². The molecule has 1 N–H and O–H groups in total. The standard InChI is InChI=1S/C28H30FNO4/c1-17-13-14-23-21(15-17)27(34-18(2)31)28(3,4)26(30-23)20-10-8-12-24(32-5)25(20)33-16-19-9-6-7-11-22(19)29/h6-15,26-27,30H,16H2,1-5H3/t26-,27-/m0/s1. The molecule has 0 amide bonds. The Morgan fingerprint density at radius 2 is 1.82 bits per heavy atom. The summed E-state index contributed by atoms with van der Waals surface area (Å²) in [4.78, 5) is 12.1. The van der Waals surface area contributed by atoms with Gasteiger partial charge >= 0.3 is 5.97 Å². The monoisotopic (exact) mass is 463 g/mol. The Bertz CT molecular complexity index is 1210. The number of hydrogen-bond acceptors (Lipinski definition) is 5. The van der Waals surface area contributed by atoms with Crippen LogP contribution in [0.1, 0.15) is 55.2 Å². The molecule has 0 radical (unpaired) electrons. The fraction of sp³-hybridized carbons (Fsp3) is 0.321. The number of nitrogens with one attached hydrogen (secondary N) is 1. The summed E-state index contributed by atoms with van der Waals surface area (Å²) in [6.45, 7) is 7.61. The van der Waals surface area contributed by atoms with Gasteiger partial charge < -0.3 is 19.5 Å². The van der Waals surface area contributed by atoms with Gasteiger partial charge in [-0.05, 0) is 25.1 Å². The summed E-state index contributed by atoms with van der Waals surface area (Å²) in [6.07, 6.45) is -0.475. The van der Waals surface area contributed by atoms with Crippen LogP contribution >= 0.6 is 0 Å². The number of rotatable bonds is 6. The zero-order valence-electron chi connectivity index (χ0n) is 20.1. The van der Waals surface area contributed by atoms with Gasteiger partial charge in [0.15, 0.2) is 11.5 Å². The first-order chi connectivity index (χ1) is 16.2. The third-order valence-electron chi connectivity index (χ3n) is 6.36. The first-order valence-corrected chi connectivity index (χ1v) is 11.3. The molecule has 34 heavy (non-hydrogen) atoms. The van der Waals surface area contributed by atoms with E-state index in [9.17, 15) is 9.18 Å². The molecule has 0 saturated carbocycles. The molecule has 178 valence electrons. The van der Waals surface area contributed by atoms with Gasteiger partial charge in [0.25, 0.3) is 0 Å². The quantitative estimate of drug-likeness (QED) is 0.422. The highest BCUT2D eigenvalue weighted by Gasteiger charge is 2.47. The van der Waals surface area contributed by atoms with E-state index in [1.54, 1.807) is 25.3 Å². The van der Waals surface area contributed by atoms with Gasteiger partial charge in [-0.15, -0.1) is 0 Å². The molecule has 0 unspecified atom stereocenters. The van der Waals surface area contributed by atoms with Crippen molar-refractivity contribution in [1.82, 2.24) is 0 Å². The van der Waals surface area contributed by atoms with E-state index in [1.807, 2.05) is 37.3 Å². The van der Waals surface area contributed by atoms with E-state index in [4.69, 9.17) is 14.2 Å². The average Bonchev–Trinajstić information content (AvgIpc) is 2.80. The number of ether oxygens (including phenoxy) is 3. The predicted octanol–water partition coefficient (Wildman–Crippen LogP) is 6.52. The number of methoxy groups -OCH3 is 1. The smallest absolute Gasteiger partial charge is 0.303 e. The van der Waals surface area contributed by atoms with Gasteiger partial charge in [0.05, 0.1) is 13.2 Å². The minimum absolute atomic E-state index is 0.0519. The summed E-state index contributed by atoms with van der Waals surface area (Å²) >= 11 is 0. The third-order valence-corrected chi connectivity index (χ3v) is 6.36. The van der Waals surface area contributed by atoms with Crippen LogP contribution < -0.4 is 14.8 Å². The van der Waals surface area contributed by atoms with Crippen molar-refractivity contribution in [1.29, 1.82) is 0 Å². The molecule has 0 spiro atoms. The SMILES string of the molecule is COc1cccc([C@@H]2Nc3ccc(C)cc3[C@H](OC(C)=O)C2(C)C)c1OCc1ccccc1F. The maximum absolute atomic E-state index is 14.3. The van der Waals surface area contributed by atoms with Crippen molar-refractivity contribution in [2.45, 2.75) is 46.4 Å². The number of halogens is 1. The number of fused-ring (bicyclic) bond motifs is 1. The second-order valence-corrected chi connectivity index (χ2v) is 9.24. The fourth-order valence-corrected chi connectivity index (χ4v) is 4.62. The van der Waals surface area contributed by atoms with Gasteiger partial charge in [-0.3, -0.25) is 4.79 Å². The molecule has 4 rings (SSSR count). The summed E-state index contributed by atoms with van der Waals surface area (Å²) < 4.78 is 31.9. The lowest BCUT2D eigenvalue weighted by molar-refractivity contribution is -0.154. The van der Waals surface area contributed by atoms with E-state index in [0.29, 0.717) is 17.1 Å². The number of carbonyl (C=O) groups excluding carboxylic acids is 1. The molecule has 0 bridgehead atoms. The van der Waals surface area contributed by atoms with Crippen molar-refractivity contribution in [3.63, 3.8) is 0 Å². The van der Waals surface area contributed by atoms with E-state index < -0.39 is 11.5 Å². The Hall–Kier alpha value is -3.54. The number of benzene rings is 3. The van der Waals surface area contributed by atoms with Gasteiger partial charge in [-0.1, -0.05) is 61.9 Å². The summed E-state index contributed by atoms with van der Waals surface area (Å²) in [7, 11) is 1.58. The second kappa shape index (κ2) is 9.37. The molecule has 1 aliphatic rings. The van der Waals surface area contributed by atoms with E-state index in [-0.39, 0.29) is 24.4 Å². The fourth-order valence-electron chi connectivity index (χ4n) is 4.62. The topological polar surface area (TPSA) is 56.8 Å². The molecule has 1 heterocycles. The summed E-state index contributed by atoms with van der Waals surface area (Å²) in [5.41, 5.74) is 3.66. The van der Waals surface area contributed by atoms with Crippen molar-refractivity contribution in [3.05, 3.63) is 88.7 Å². The molecule has 3 aromatic carbocycles. The Labute approximate surface area is 199 Å². The first-order valence-electron chi connectivity index (χ1n) is 11.3. The highest BCUT2D eigenvalue weighted by Crippen LogP contribution is 2.55. The molecule has 0 aliphatic carbocycles. The van der Waals surface area contributed by atoms with Crippen molar-refractivity contribution in [3.8, 4) is 11.5 Å². The Kier molecular flexibility index (Phi) is 6.51. The molecular weight excluding hydrogens is 433 g/mol. The molecule has 2 atom stereocenters. The van der Waals surface area contributed by atoms with Gasteiger partial charge in [-0.2, -0.15) is 0 Å². The van der Waals surface area contributed by atoms with Crippen LogP contribution in [0.4, 0.5) is 10.1 Å². The summed E-state index contributed by atoms with van der Waals surface area (Å²) in [6, 6.07) is 18.0. The van der Waals surface area contributed by atoms with Gasteiger partial charge in [0.1, 0.15) is 18.5 Å². The second-order valence-electron chi connectivity index (χ2n) is 9.24. The van der Waals surface area contributed by atoms with Crippen LogP contribution in [0.15, 0.2) is 60.7 Å². The van der Waals surface area contributed by atoms with Crippen molar-refractivity contribution >= 4 is 11.7 Å². The number of hydrogen-bond donors (Lipinski definition) is 1. The third kappa shape index (κ3) is 4.45. The van der Waals surface area contributed by atoms with Gasteiger partial charge in [0.2, 0.25) is 0 Å². The highest BCUT2D eigenvalue weighted by molar-refractivity contribution is 5.68. The summed E-state index contributed by atoms with van der Waals surface area (Å²) in [5, 5.41) is 3.63. The molecule has 6 heteroatoms. The van der Waals surface area contributed by atoms with E-state index in [0.717, 1.165) is 22.4 Å². The Balaban J connectivity index is 1.79.